The summed E-state index contributed by atoms with van der Waals surface area (Å²) in [4.78, 5) is 27.5. The van der Waals surface area contributed by atoms with Crippen LogP contribution in [-0.2, 0) is 4.79 Å². The third-order valence-corrected chi connectivity index (χ3v) is 4.28. The summed E-state index contributed by atoms with van der Waals surface area (Å²) in [6.07, 6.45) is 1.54. The average Bonchev–Trinajstić information content (AvgIpc) is 2.55. The molecule has 0 bridgehead atoms. The maximum absolute atomic E-state index is 12.2. The molecular formula is C18H22Cl2N4O3. The summed E-state index contributed by atoms with van der Waals surface area (Å²) >= 11 is 0. The standard InChI is InChI=1S/C18H20N4O3.2ClH/c1-11(13-8-20-9-13)18(24)22-14-5-6-16(21-10-14)25-15-4-2-3-12(7-15)17(19)23;;/h2-7,10-11,13,20H,8-9H2,1H3,(H2,19,23)(H,22,24);2*1H. The van der Waals surface area contributed by atoms with Gasteiger partial charge in [0.05, 0.1) is 11.9 Å². The lowest BCUT2D eigenvalue weighted by atomic mass is 9.88. The third-order valence-electron chi connectivity index (χ3n) is 4.28. The molecule has 1 unspecified atom stereocenters. The highest BCUT2D eigenvalue weighted by Crippen LogP contribution is 2.22. The van der Waals surface area contributed by atoms with E-state index in [2.05, 4.69) is 15.6 Å². The number of halogens is 2. The van der Waals surface area contributed by atoms with Gasteiger partial charge in [-0.15, -0.1) is 24.8 Å². The fraction of sp³-hybridized carbons (Fsp3) is 0.278. The summed E-state index contributed by atoms with van der Waals surface area (Å²) in [5.41, 5.74) is 6.22. The number of rotatable bonds is 6. The van der Waals surface area contributed by atoms with Gasteiger partial charge in [-0.3, -0.25) is 9.59 Å². The van der Waals surface area contributed by atoms with Crippen molar-refractivity contribution in [1.29, 1.82) is 0 Å². The molecule has 146 valence electrons. The van der Waals surface area contributed by atoms with Crippen LogP contribution in [0.4, 0.5) is 5.69 Å². The van der Waals surface area contributed by atoms with E-state index in [9.17, 15) is 9.59 Å². The van der Waals surface area contributed by atoms with Crippen molar-refractivity contribution in [2.24, 2.45) is 17.6 Å². The van der Waals surface area contributed by atoms with Crippen molar-refractivity contribution in [2.75, 3.05) is 18.4 Å². The Morgan fingerprint density at radius 1 is 1.26 bits per heavy atom. The molecule has 1 aliphatic heterocycles. The van der Waals surface area contributed by atoms with Crippen molar-refractivity contribution in [2.45, 2.75) is 6.92 Å². The van der Waals surface area contributed by atoms with Gasteiger partial charge in [0.15, 0.2) is 0 Å². The van der Waals surface area contributed by atoms with Crippen LogP contribution in [0.1, 0.15) is 17.3 Å². The largest absolute Gasteiger partial charge is 0.439 e. The SMILES string of the molecule is CC(C(=O)Nc1ccc(Oc2cccc(C(N)=O)c2)nc1)C1CNC1.Cl.Cl. The van der Waals surface area contributed by atoms with Gasteiger partial charge in [-0.25, -0.2) is 4.98 Å². The molecule has 9 heteroatoms. The molecule has 27 heavy (non-hydrogen) atoms. The van der Waals surface area contributed by atoms with E-state index < -0.39 is 5.91 Å². The van der Waals surface area contributed by atoms with Crippen LogP contribution < -0.4 is 21.1 Å². The Bertz CT molecular complexity index is 782. The minimum absolute atomic E-state index is 0. The highest BCUT2D eigenvalue weighted by atomic mass is 35.5. The topological polar surface area (TPSA) is 106 Å². The molecule has 7 nitrogen and oxygen atoms in total. The fourth-order valence-corrected chi connectivity index (χ4v) is 2.48. The number of nitrogens with two attached hydrogens (primary N) is 1. The Morgan fingerprint density at radius 2 is 2.00 bits per heavy atom. The van der Waals surface area contributed by atoms with Crippen molar-refractivity contribution < 1.29 is 14.3 Å². The van der Waals surface area contributed by atoms with Crippen molar-refractivity contribution in [1.82, 2.24) is 10.3 Å². The Balaban J connectivity index is 0.00000182. The first-order chi connectivity index (χ1) is 12.0. The molecule has 1 fully saturated rings. The van der Waals surface area contributed by atoms with Crippen LogP contribution in [0, 0.1) is 11.8 Å². The molecule has 1 saturated heterocycles. The molecule has 2 heterocycles. The predicted molar refractivity (Wildman–Crippen MR) is 108 cm³/mol. The number of carbonyl (C=O) groups excluding carboxylic acids is 2. The fourth-order valence-electron chi connectivity index (χ4n) is 2.48. The van der Waals surface area contributed by atoms with Crippen molar-refractivity contribution in [3.63, 3.8) is 0 Å². The normalized spacial score (nSPS) is 14.0. The Labute approximate surface area is 169 Å². The van der Waals surface area contributed by atoms with Gasteiger partial charge in [-0.2, -0.15) is 0 Å². The molecule has 3 rings (SSSR count). The maximum Gasteiger partial charge on any atom is 0.248 e. The first-order valence-electron chi connectivity index (χ1n) is 8.08. The Morgan fingerprint density at radius 3 is 2.56 bits per heavy atom. The number of amides is 2. The zero-order chi connectivity index (χ0) is 17.8. The molecule has 1 aromatic carbocycles. The lowest BCUT2D eigenvalue weighted by Gasteiger charge is -2.31. The highest BCUT2D eigenvalue weighted by Gasteiger charge is 2.28. The van der Waals surface area contributed by atoms with E-state index in [1.54, 1.807) is 36.4 Å². The van der Waals surface area contributed by atoms with Gasteiger partial charge >= 0.3 is 0 Å². The van der Waals surface area contributed by atoms with E-state index >= 15 is 0 Å². The van der Waals surface area contributed by atoms with Crippen LogP contribution in [0.15, 0.2) is 42.6 Å². The second-order valence-electron chi connectivity index (χ2n) is 6.08. The van der Waals surface area contributed by atoms with E-state index in [1.165, 1.54) is 6.20 Å². The number of hydrogen-bond acceptors (Lipinski definition) is 5. The summed E-state index contributed by atoms with van der Waals surface area (Å²) in [5.74, 6) is 0.618. The molecule has 1 aromatic heterocycles. The van der Waals surface area contributed by atoms with E-state index in [0.29, 0.717) is 28.8 Å². The third kappa shape index (κ3) is 5.82. The van der Waals surface area contributed by atoms with Crippen LogP contribution in [-0.4, -0.2) is 29.9 Å². The van der Waals surface area contributed by atoms with Gasteiger partial charge in [0.1, 0.15) is 5.75 Å². The lowest BCUT2D eigenvalue weighted by Crippen LogP contribution is -2.48. The monoisotopic (exact) mass is 412 g/mol. The molecular weight excluding hydrogens is 391 g/mol. The maximum atomic E-state index is 12.2. The van der Waals surface area contributed by atoms with E-state index in [0.717, 1.165) is 13.1 Å². The van der Waals surface area contributed by atoms with E-state index in [-0.39, 0.29) is 36.6 Å². The van der Waals surface area contributed by atoms with E-state index in [4.69, 9.17) is 10.5 Å². The predicted octanol–water partition coefficient (Wildman–Crippen LogP) is 2.61. The van der Waals surface area contributed by atoms with Crippen LogP contribution in [0.5, 0.6) is 11.6 Å². The zero-order valence-corrected chi connectivity index (χ0v) is 16.3. The Hall–Kier alpha value is -2.35. The molecule has 0 saturated carbocycles. The lowest BCUT2D eigenvalue weighted by molar-refractivity contribution is -0.121. The number of nitrogens with zero attached hydrogens (tertiary/aromatic N) is 1. The molecule has 0 aliphatic carbocycles. The van der Waals surface area contributed by atoms with E-state index in [1.807, 2.05) is 6.92 Å². The number of primary amides is 1. The summed E-state index contributed by atoms with van der Waals surface area (Å²) in [6.45, 7) is 3.69. The summed E-state index contributed by atoms with van der Waals surface area (Å²) in [7, 11) is 0. The first kappa shape index (κ1) is 22.7. The quantitative estimate of drug-likeness (QED) is 0.675. The second kappa shape index (κ2) is 10.1. The number of nitrogens with one attached hydrogen (secondary N) is 2. The van der Waals surface area contributed by atoms with Gasteiger partial charge in [0, 0.05) is 17.5 Å². The van der Waals surface area contributed by atoms with Crippen LogP contribution in [0.2, 0.25) is 0 Å². The number of aromatic nitrogens is 1. The second-order valence-corrected chi connectivity index (χ2v) is 6.08. The van der Waals surface area contributed by atoms with Crippen molar-refractivity contribution in [3.8, 4) is 11.6 Å². The van der Waals surface area contributed by atoms with Gasteiger partial charge in [-0.1, -0.05) is 13.0 Å². The van der Waals surface area contributed by atoms with Gasteiger partial charge < -0.3 is 21.1 Å². The summed E-state index contributed by atoms with van der Waals surface area (Å²) < 4.78 is 5.60. The summed E-state index contributed by atoms with van der Waals surface area (Å²) in [5, 5.41) is 6.02. The minimum Gasteiger partial charge on any atom is -0.439 e. The number of anilines is 1. The van der Waals surface area contributed by atoms with Crippen molar-refractivity contribution >= 4 is 42.3 Å². The number of pyridine rings is 1. The molecule has 1 aliphatic rings. The smallest absolute Gasteiger partial charge is 0.248 e. The zero-order valence-electron chi connectivity index (χ0n) is 14.7. The minimum atomic E-state index is -0.521. The Kier molecular flexibility index (Phi) is 8.49. The molecule has 0 spiro atoms. The number of benzene rings is 1. The molecule has 0 radical (unpaired) electrons. The average molecular weight is 413 g/mol. The van der Waals surface area contributed by atoms with Gasteiger partial charge in [0.2, 0.25) is 17.7 Å². The highest BCUT2D eigenvalue weighted by molar-refractivity contribution is 5.93. The van der Waals surface area contributed by atoms with Crippen LogP contribution in [0.25, 0.3) is 0 Å². The molecule has 2 amide bonds. The van der Waals surface area contributed by atoms with Gasteiger partial charge in [-0.05, 0) is 43.3 Å². The molecule has 2 aromatic rings. The number of hydrogen-bond donors (Lipinski definition) is 3. The van der Waals surface area contributed by atoms with Crippen molar-refractivity contribution in [3.05, 3.63) is 48.2 Å². The number of ether oxygens (including phenoxy) is 1. The van der Waals surface area contributed by atoms with Crippen LogP contribution in [0.3, 0.4) is 0 Å². The van der Waals surface area contributed by atoms with Crippen LogP contribution >= 0.6 is 24.8 Å². The first-order valence-corrected chi connectivity index (χ1v) is 8.08. The summed E-state index contributed by atoms with van der Waals surface area (Å²) in [6, 6.07) is 9.93. The number of carbonyl (C=O) groups is 2. The van der Waals surface area contributed by atoms with Gasteiger partial charge in [0.25, 0.3) is 0 Å². The molecule has 4 N–H and O–H groups in total. The molecule has 1 atom stereocenters.